The molecule has 0 radical (unpaired) electrons. The van der Waals surface area contributed by atoms with Gasteiger partial charge in [-0.3, -0.25) is 0 Å². The molecule has 0 aliphatic carbocycles. The van der Waals surface area contributed by atoms with Gasteiger partial charge in [0.25, 0.3) is 0 Å². The number of nitrogens with one attached hydrogen (secondary N) is 1. The van der Waals surface area contributed by atoms with E-state index in [1.54, 1.807) is 6.20 Å². The molecular weight excluding hydrogens is 198 g/mol. The average molecular weight is 213 g/mol. The number of hydrogen-bond donors (Lipinski definition) is 1. The molecule has 0 aliphatic heterocycles. The van der Waals surface area contributed by atoms with Crippen LogP contribution in [0.1, 0.15) is 16.8 Å². The van der Waals surface area contributed by atoms with E-state index in [0.717, 1.165) is 18.8 Å². The third-order valence-electron chi connectivity index (χ3n) is 2.51. The topological polar surface area (TPSA) is 37.8 Å². The van der Waals surface area contributed by atoms with Crippen molar-refractivity contribution in [3.8, 4) is 0 Å². The molecule has 82 valence electrons. The Morgan fingerprint density at radius 2 is 1.94 bits per heavy atom. The third kappa shape index (κ3) is 2.87. The Hall–Kier alpha value is -1.74. The Morgan fingerprint density at radius 3 is 2.69 bits per heavy atom. The van der Waals surface area contributed by atoms with Crippen molar-refractivity contribution in [2.24, 2.45) is 0 Å². The number of nitrogens with zero attached hydrogens (tertiary/aromatic N) is 2. The second-order valence-electron chi connectivity index (χ2n) is 3.75. The fraction of sp³-hybridized carbons (Fsp3) is 0.231. The van der Waals surface area contributed by atoms with Gasteiger partial charge in [0, 0.05) is 19.3 Å². The third-order valence-corrected chi connectivity index (χ3v) is 2.51. The molecule has 2 rings (SSSR count). The molecule has 1 aromatic heterocycles. The molecule has 1 aromatic carbocycles. The van der Waals surface area contributed by atoms with Crippen LogP contribution in [0.4, 0.5) is 0 Å². The van der Waals surface area contributed by atoms with Crippen molar-refractivity contribution in [1.82, 2.24) is 15.5 Å². The fourth-order valence-electron chi connectivity index (χ4n) is 1.56. The second kappa shape index (κ2) is 5.37. The molecule has 0 unspecified atom stereocenters. The molecule has 16 heavy (non-hydrogen) atoms. The minimum absolute atomic E-state index is 0.752. The van der Waals surface area contributed by atoms with Gasteiger partial charge in [0.15, 0.2) is 0 Å². The monoisotopic (exact) mass is 213 g/mol. The van der Waals surface area contributed by atoms with Crippen LogP contribution in [0.25, 0.3) is 0 Å². The Labute approximate surface area is 95.5 Å². The van der Waals surface area contributed by atoms with Gasteiger partial charge in [0.05, 0.1) is 5.69 Å². The zero-order valence-electron chi connectivity index (χ0n) is 9.35. The highest BCUT2D eigenvalue weighted by atomic mass is 15.1. The van der Waals surface area contributed by atoms with Crippen LogP contribution in [-0.2, 0) is 13.1 Å². The predicted molar refractivity (Wildman–Crippen MR) is 63.8 cm³/mol. The lowest BCUT2D eigenvalue weighted by atomic mass is 10.1. The van der Waals surface area contributed by atoms with Gasteiger partial charge in [-0.2, -0.15) is 10.2 Å². The molecule has 3 heteroatoms. The van der Waals surface area contributed by atoms with Crippen molar-refractivity contribution < 1.29 is 0 Å². The first-order valence-electron chi connectivity index (χ1n) is 5.38. The fourth-order valence-corrected chi connectivity index (χ4v) is 1.56. The quantitative estimate of drug-likeness (QED) is 0.845. The van der Waals surface area contributed by atoms with Gasteiger partial charge in [0.1, 0.15) is 0 Å². The Balaban J connectivity index is 1.87. The van der Waals surface area contributed by atoms with E-state index in [2.05, 4.69) is 46.7 Å². The van der Waals surface area contributed by atoms with Gasteiger partial charge in [-0.15, -0.1) is 0 Å². The van der Waals surface area contributed by atoms with E-state index < -0.39 is 0 Å². The first-order chi connectivity index (χ1) is 7.86. The molecule has 3 nitrogen and oxygen atoms in total. The van der Waals surface area contributed by atoms with E-state index in [1.807, 2.05) is 12.1 Å². The predicted octanol–water partition coefficient (Wildman–Crippen LogP) is 2.07. The maximum Gasteiger partial charge on any atom is 0.0769 e. The van der Waals surface area contributed by atoms with Crippen LogP contribution in [0.3, 0.4) is 0 Å². The summed E-state index contributed by atoms with van der Waals surface area (Å²) in [7, 11) is 0. The lowest BCUT2D eigenvalue weighted by Crippen LogP contribution is -2.14. The Kier molecular flexibility index (Phi) is 3.62. The summed E-state index contributed by atoms with van der Waals surface area (Å²) in [6, 6.07) is 12.3. The van der Waals surface area contributed by atoms with Crippen molar-refractivity contribution in [1.29, 1.82) is 0 Å². The number of rotatable bonds is 4. The lowest BCUT2D eigenvalue weighted by Gasteiger charge is -2.06. The van der Waals surface area contributed by atoms with E-state index in [-0.39, 0.29) is 0 Å². The van der Waals surface area contributed by atoms with Crippen molar-refractivity contribution in [2.75, 3.05) is 0 Å². The normalized spacial score (nSPS) is 10.3. The summed E-state index contributed by atoms with van der Waals surface area (Å²) in [6.45, 7) is 3.74. The van der Waals surface area contributed by atoms with E-state index in [1.165, 1.54) is 11.1 Å². The van der Waals surface area contributed by atoms with Crippen molar-refractivity contribution in [3.63, 3.8) is 0 Å². The summed E-state index contributed by atoms with van der Waals surface area (Å²) >= 11 is 0. The van der Waals surface area contributed by atoms with Crippen molar-refractivity contribution >= 4 is 0 Å². The lowest BCUT2D eigenvalue weighted by molar-refractivity contribution is 0.668. The summed E-state index contributed by atoms with van der Waals surface area (Å²) in [4.78, 5) is 0. The molecular formula is C13H15N3. The number of benzene rings is 1. The van der Waals surface area contributed by atoms with Gasteiger partial charge >= 0.3 is 0 Å². The van der Waals surface area contributed by atoms with E-state index >= 15 is 0 Å². The van der Waals surface area contributed by atoms with E-state index in [0.29, 0.717) is 0 Å². The zero-order chi connectivity index (χ0) is 11.2. The molecule has 0 saturated carbocycles. The average Bonchev–Trinajstić information content (AvgIpc) is 2.33. The summed E-state index contributed by atoms with van der Waals surface area (Å²) in [5.74, 6) is 0. The number of aromatic nitrogens is 2. The van der Waals surface area contributed by atoms with Crippen molar-refractivity contribution in [2.45, 2.75) is 20.0 Å². The number of aryl methyl sites for hydroxylation is 1. The van der Waals surface area contributed by atoms with Crippen LogP contribution in [0.5, 0.6) is 0 Å². The Bertz CT molecular complexity index is 440. The van der Waals surface area contributed by atoms with Crippen molar-refractivity contribution in [3.05, 3.63) is 59.4 Å². The Morgan fingerprint density at radius 1 is 1.06 bits per heavy atom. The highest BCUT2D eigenvalue weighted by Gasteiger charge is 1.97. The van der Waals surface area contributed by atoms with Crippen LogP contribution in [0.2, 0.25) is 0 Å². The minimum atomic E-state index is 0.752. The van der Waals surface area contributed by atoms with Gasteiger partial charge in [-0.25, -0.2) is 0 Å². The summed E-state index contributed by atoms with van der Waals surface area (Å²) < 4.78 is 0. The first-order valence-corrected chi connectivity index (χ1v) is 5.38. The van der Waals surface area contributed by atoms with E-state index in [9.17, 15) is 0 Å². The molecule has 1 N–H and O–H groups in total. The van der Waals surface area contributed by atoms with Gasteiger partial charge in [-0.05, 0) is 30.2 Å². The standard InChI is InChI=1S/C13H15N3/c1-11-5-2-3-6-12(11)9-14-10-13-7-4-8-15-16-13/h2-8,14H,9-10H2,1H3. The van der Waals surface area contributed by atoms with Gasteiger partial charge < -0.3 is 5.32 Å². The molecule has 0 atom stereocenters. The van der Waals surface area contributed by atoms with Crippen LogP contribution in [0.15, 0.2) is 42.6 Å². The smallest absolute Gasteiger partial charge is 0.0769 e. The molecule has 0 bridgehead atoms. The highest BCUT2D eigenvalue weighted by molar-refractivity contribution is 5.25. The molecule has 2 aromatic rings. The zero-order valence-corrected chi connectivity index (χ0v) is 9.35. The van der Waals surface area contributed by atoms with Crippen LogP contribution < -0.4 is 5.32 Å². The SMILES string of the molecule is Cc1ccccc1CNCc1cccnn1. The molecule has 0 amide bonds. The molecule has 0 saturated heterocycles. The van der Waals surface area contributed by atoms with Crippen LogP contribution in [0, 0.1) is 6.92 Å². The first kappa shape index (κ1) is 10.8. The van der Waals surface area contributed by atoms with Gasteiger partial charge in [0.2, 0.25) is 0 Å². The maximum atomic E-state index is 4.02. The minimum Gasteiger partial charge on any atom is -0.307 e. The molecule has 0 fully saturated rings. The van der Waals surface area contributed by atoms with Gasteiger partial charge in [-0.1, -0.05) is 24.3 Å². The summed E-state index contributed by atoms with van der Waals surface area (Å²) in [5.41, 5.74) is 3.61. The second-order valence-corrected chi connectivity index (χ2v) is 3.75. The summed E-state index contributed by atoms with van der Waals surface area (Å²) in [6.07, 6.45) is 1.69. The van der Waals surface area contributed by atoms with Crippen LogP contribution >= 0.6 is 0 Å². The molecule has 0 spiro atoms. The largest absolute Gasteiger partial charge is 0.307 e. The molecule has 1 heterocycles. The number of hydrogen-bond acceptors (Lipinski definition) is 3. The maximum absolute atomic E-state index is 4.02. The molecule has 0 aliphatic rings. The summed E-state index contributed by atoms with van der Waals surface area (Å²) in [5, 5.41) is 11.2. The highest BCUT2D eigenvalue weighted by Crippen LogP contribution is 2.06. The van der Waals surface area contributed by atoms with E-state index in [4.69, 9.17) is 0 Å². The van der Waals surface area contributed by atoms with Crippen LogP contribution in [-0.4, -0.2) is 10.2 Å².